The lowest BCUT2D eigenvalue weighted by Gasteiger charge is -2.08. The van der Waals surface area contributed by atoms with Gasteiger partial charge in [0.2, 0.25) is 0 Å². The highest BCUT2D eigenvalue weighted by molar-refractivity contribution is 5.57. The highest BCUT2D eigenvalue weighted by Gasteiger charge is 2.14. The van der Waals surface area contributed by atoms with Gasteiger partial charge in [-0.2, -0.15) is 0 Å². The Balaban J connectivity index is 2.35. The minimum absolute atomic E-state index is 0.430. The Morgan fingerprint density at radius 2 is 2.31 bits per heavy atom. The Morgan fingerprint density at radius 3 is 3.15 bits per heavy atom. The minimum Gasteiger partial charge on any atom is -0.508 e. The molecule has 1 unspecified atom stereocenters. The van der Waals surface area contributed by atoms with Crippen LogP contribution in [0.1, 0.15) is 18.9 Å². The highest BCUT2D eigenvalue weighted by atomic mass is 16.3. The van der Waals surface area contributed by atoms with Gasteiger partial charge in [-0.25, -0.2) is 0 Å². The van der Waals surface area contributed by atoms with E-state index in [1.165, 1.54) is 0 Å². The minimum atomic E-state index is 0.430. The highest BCUT2D eigenvalue weighted by Crippen LogP contribution is 2.30. The molecule has 1 atom stereocenters. The third kappa shape index (κ3) is 1.62. The van der Waals surface area contributed by atoms with Crippen molar-refractivity contribution in [3.05, 3.63) is 23.8 Å². The van der Waals surface area contributed by atoms with Crippen molar-refractivity contribution in [3.63, 3.8) is 0 Å². The first kappa shape index (κ1) is 8.42. The molecule has 2 rings (SSSR count). The van der Waals surface area contributed by atoms with Crippen LogP contribution in [0.25, 0.3) is 0 Å². The molecule has 13 heavy (non-hydrogen) atoms. The van der Waals surface area contributed by atoms with Crippen LogP contribution < -0.4 is 5.32 Å². The number of anilines is 1. The van der Waals surface area contributed by atoms with Gasteiger partial charge in [0.05, 0.1) is 0 Å². The van der Waals surface area contributed by atoms with E-state index in [0.29, 0.717) is 11.7 Å². The molecule has 1 aliphatic rings. The van der Waals surface area contributed by atoms with Crippen LogP contribution in [0.3, 0.4) is 0 Å². The normalized spacial score (nSPS) is 21.5. The summed E-state index contributed by atoms with van der Waals surface area (Å²) in [5, 5.41) is 13.0. The van der Waals surface area contributed by atoms with E-state index in [4.69, 9.17) is 0 Å². The summed E-state index contributed by atoms with van der Waals surface area (Å²) in [5.74, 6) is 1.12. The lowest BCUT2D eigenvalue weighted by molar-refractivity contribution is 0.465. The SMILES string of the molecule is CC1CCc2c(O)cccc2NC1. The van der Waals surface area contributed by atoms with Crippen molar-refractivity contribution in [2.75, 3.05) is 11.9 Å². The number of nitrogens with one attached hydrogen (secondary N) is 1. The van der Waals surface area contributed by atoms with Gasteiger partial charge in [-0.15, -0.1) is 0 Å². The number of phenols is 1. The molecule has 1 aliphatic heterocycles. The zero-order chi connectivity index (χ0) is 9.26. The molecular formula is C11H15NO. The Kier molecular flexibility index (Phi) is 2.13. The Hall–Kier alpha value is -1.18. The van der Waals surface area contributed by atoms with Crippen molar-refractivity contribution < 1.29 is 5.11 Å². The van der Waals surface area contributed by atoms with E-state index in [1.807, 2.05) is 12.1 Å². The molecule has 70 valence electrons. The molecule has 0 amide bonds. The second-order valence-corrected chi connectivity index (χ2v) is 3.83. The molecule has 0 fully saturated rings. The first-order chi connectivity index (χ1) is 6.27. The molecule has 0 bridgehead atoms. The summed E-state index contributed by atoms with van der Waals surface area (Å²) in [6.07, 6.45) is 2.13. The summed E-state index contributed by atoms with van der Waals surface area (Å²) in [6, 6.07) is 5.68. The quantitative estimate of drug-likeness (QED) is 0.637. The zero-order valence-electron chi connectivity index (χ0n) is 7.88. The summed E-state index contributed by atoms with van der Waals surface area (Å²) in [5.41, 5.74) is 2.18. The molecule has 1 heterocycles. The van der Waals surface area contributed by atoms with Crippen LogP contribution in [0.4, 0.5) is 5.69 Å². The van der Waals surface area contributed by atoms with Crippen molar-refractivity contribution in [2.24, 2.45) is 5.92 Å². The van der Waals surface area contributed by atoms with Gasteiger partial charge < -0.3 is 10.4 Å². The molecule has 1 aromatic carbocycles. The number of rotatable bonds is 0. The lowest BCUT2D eigenvalue weighted by atomic mass is 10.0. The van der Waals surface area contributed by atoms with E-state index in [1.54, 1.807) is 6.07 Å². The summed E-state index contributed by atoms with van der Waals surface area (Å²) < 4.78 is 0. The van der Waals surface area contributed by atoms with E-state index in [9.17, 15) is 5.11 Å². The third-order valence-electron chi connectivity index (χ3n) is 2.68. The first-order valence-electron chi connectivity index (χ1n) is 4.82. The van der Waals surface area contributed by atoms with E-state index >= 15 is 0 Å². The zero-order valence-corrected chi connectivity index (χ0v) is 7.88. The van der Waals surface area contributed by atoms with Crippen molar-refractivity contribution in [1.29, 1.82) is 0 Å². The molecule has 2 N–H and O–H groups in total. The first-order valence-corrected chi connectivity index (χ1v) is 4.82. The number of phenolic OH excluding ortho intramolecular Hbond substituents is 1. The monoisotopic (exact) mass is 177 g/mol. The average molecular weight is 177 g/mol. The standard InChI is InChI=1S/C11H15NO/c1-8-5-6-9-10(12-7-8)3-2-4-11(9)13/h2-4,8,12-13H,5-7H2,1H3. The van der Waals surface area contributed by atoms with Gasteiger partial charge in [-0.05, 0) is 30.9 Å². The van der Waals surface area contributed by atoms with Gasteiger partial charge in [0.25, 0.3) is 0 Å². The van der Waals surface area contributed by atoms with Gasteiger partial charge in [-0.1, -0.05) is 13.0 Å². The molecule has 2 nitrogen and oxygen atoms in total. The summed E-state index contributed by atoms with van der Waals surface area (Å²) in [6.45, 7) is 3.24. The molecule has 0 saturated carbocycles. The lowest BCUT2D eigenvalue weighted by Crippen LogP contribution is -2.08. The fraction of sp³-hybridized carbons (Fsp3) is 0.455. The van der Waals surface area contributed by atoms with E-state index in [0.717, 1.165) is 30.6 Å². The van der Waals surface area contributed by atoms with Gasteiger partial charge in [0.1, 0.15) is 5.75 Å². The van der Waals surface area contributed by atoms with Crippen molar-refractivity contribution >= 4 is 5.69 Å². The predicted octanol–water partition coefficient (Wildman–Crippen LogP) is 2.39. The largest absolute Gasteiger partial charge is 0.508 e. The number of aromatic hydroxyl groups is 1. The van der Waals surface area contributed by atoms with Crippen LogP contribution in [-0.2, 0) is 6.42 Å². The van der Waals surface area contributed by atoms with Gasteiger partial charge in [0.15, 0.2) is 0 Å². The molecule has 0 aliphatic carbocycles. The van der Waals surface area contributed by atoms with Gasteiger partial charge in [-0.3, -0.25) is 0 Å². The van der Waals surface area contributed by atoms with Crippen molar-refractivity contribution in [3.8, 4) is 5.75 Å². The van der Waals surface area contributed by atoms with E-state index < -0.39 is 0 Å². The smallest absolute Gasteiger partial charge is 0.120 e. The Morgan fingerprint density at radius 1 is 1.46 bits per heavy atom. The number of hydrogen-bond acceptors (Lipinski definition) is 2. The van der Waals surface area contributed by atoms with Crippen LogP contribution in [0, 0.1) is 5.92 Å². The summed E-state index contributed by atoms with van der Waals surface area (Å²) >= 11 is 0. The third-order valence-corrected chi connectivity index (χ3v) is 2.68. The second-order valence-electron chi connectivity index (χ2n) is 3.83. The Bertz CT molecular complexity index is 309. The molecule has 0 saturated heterocycles. The van der Waals surface area contributed by atoms with Crippen LogP contribution in [0.2, 0.25) is 0 Å². The molecular weight excluding hydrogens is 162 g/mol. The van der Waals surface area contributed by atoms with Crippen LogP contribution in [-0.4, -0.2) is 11.7 Å². The molecule has 0 radical (unpaired) electrons. The molecule has 0 spiro atoms. The maximum Gasteiger partial charge on any atom is 0.120 e. The average Bonchev–Trinajstić information content (AvgIpc) is 2.30. The van der Waals surface area contributed by atoms with Gasteiger partial charge >= 0.3 is 0 Å². The summed E-state index contributed by atoms with van der Waals surface area (Å²) in [4.78, 5) is 0. The van der Waals surface area contributed by atoms with E-state index in [2.05, 4.69) is 12.2 Å². The molecule has 0 aromatic heterocycles. The maximum absolute atomic E-state index is 9.63. The predicted molar refractivity (Wildman–Crippen MR) is 54.1 cm³/mol. The maximum atomic E-state index is 9.63. The summed E-state index contributed by atoms with van der Waals surface area (Å²) in [7, 11) is 0. The van der Waals surface area contributed by atoms with Crippen LogP contribution in [0.5, 0.6) is 5.75 Å². The fourth-order valence-electron chi connectivity index (χ4n) is 1.78. The van der Waals surface area contributed by atoms with Crippen molar-refractivity contribution in [2.45, 2.75) is 19.8 Å². The Labute approximate surface area is 78.6 Å². The molecule has 1 aromatic rings. The second kappa shape index (κ2) is 3.29. The van der Waals surface area contributed by atoms with Crippen LogP contribution >= 0.6 is 0 Å². The van der Waals surface area contributed by atoms with Crippen LogP contribution in [0.15, 0.2) is 18.2 Å². The molecule has 2 heteroatoms. The van der Waals surface area contributed by atoms with E-state index in [-0.39, 0.29) is 0 Å². The number of benzene rings is 1. The fourth-order valence-corrected chi connectivity index (χ4v) is 1.78. The van der Waals surface area contributed by atoms with Gasteiger partial charge in [0, 0.05) is 17.8 Å². The number of hydrogen-bond donors (Lipinski definition) is 2. The topological polar surface area (TPSA) is 32.3 Å². The number of fused-ring (bicyclic) bond motifs is 1. The van der Waals surface area contributed by atoms with Crippen molar-refractivity contribution in [1.82, 2.24) is 0 Å².